The van der Waals surface area contributed by atoms with Crippen LogP contribution in [0.15, 0.2) is 42.9 Å². The van der Waals surface area contributed by atoms with E-state index in [1.54, 1.807) is 24.7 Å². The van der Waals surface area contributed by atoms with Crippen LogP contribution in [0.2, 0.25) is 0 Å². The second-order valence-corrected chi connectivity index (χ2v) is 8.11. The Morgan fingerprint density at radius 1 is 1.06 bits per heavy atom. The summed E-state index contributed by atoms with van der Waals surface area (Å²) in [7, 11) is 0. The van der Waals surface area contributed by atoms with E-state index >= 15 is 0 Å². The Hall–Kier alpha value is -3.77. The highest BCUT2D eigenvalue weighted by Crippen LogP contribution is 2.28. The molecule has 5 rings (SSSR count). The molecule has 4 heterocycles. The highest BCUT2D eigenvalue weighted by Gasteiger charge is 2.18. The van der Waals surface area contributed by atoms with Gasteiger partial charge >= 0.3 is 0 Å². The van der Waals surface area contributed by atoms with E-state index < -0.39 is 0 Å². The van der Waals surface area contributed by atoms with Crippen molar-refractivity contribution in [3.8, 4) is 23.1 Å². The van der Waals surface area contributed by atoms with Crippen LogP contribution in [0.25, 0.3) is 11.3 Å². The molecule has 0 aliphatic carbocycles. The van der Waals surface area contributed by atoms with Gasteiger partial charge in [-0.05, 0) is 37.1 Å². The van der Waals surface area contributed by atoms with Gasteiger partial charge < -0.3 is 19.7 Å². The number of ether oxygens (including phenoxy) is 2. The van der Waals surface area contributed by atoms with Crippen molar-refractivity contribution in [3.63, 3.8) is 0 Å². The van der Waals surface area contributed by atoms with Crippen molar-refractivity contribution in [1.82, 2.24) is 19.9 Å². The monoisotopic (exact) mass is 443 g/mol. The van der Waals surface area contributed by atoms with Crippen LogP contribution in [0.4, 0.5) is 17.6 Å². The Labute approximate surface area is 192 Å². The summed E-state index contributed by atoms with van der Waals surface area (Å²) in [6.45, 7) is 3.38. The minimum atomic E-state index is 0.0747. The molecule has 9 heteroatoms. The number of hydrogen-bond donors (Lipinski definition) is 1. The fourth-order valence-electron chi connectivity index (χ4n) is 4.03. The van der Waals surface area contributed by atoms with E-state index in [4.69, 9.17) is 9.47 Å². The topological polar surface area (TPSA) is 109 Å². The van der Waals surface area contributed by atoms with E-state index in [0.717, 1.165) is 37.4 Å². The average molecular weight is 444 g/mol. The molecule has 2 aliphatic rings. The van der Waals surface area contributed by atoms with E-state index in [9.17, 15) is 5.26 Å². The Kier molecular flexibility index (Phi) is 6.26. The molecule has 2 aromatic heterocycles. The molecule has 0 saturated carbocycles. The van der Waals surface area contributed by atoms with Crippen LogP contribution in [0, 0.1) is 11.3 Å². The molecule has 2 aliphatic heterocycles. The van der Waals surface area contributed by atoms with Gasteiger partial charge in [0.25, 0.3) is 0 Å². The maximum absolute atomic E-state index is 9.65. The Morgan fingerprint density at radius 3 is 2.61 bits per heavy atom. The van der Waals surface area contributed by atoms with Gasteiger partial charge in [0.05, 0.1) is 42.6 Å². The lowest BCUT2D eigenvalue weighted by atomic mass is 10.1. The quantitative estimate of drug-likeness (QED) is 0.610. The highest BCUT2D eigenvalue weighted by molar-refractivity contribution is 5.65. The third-order valence-corrected chi connectivity index (χ3v) is 5.80. The van der Waals surface area contributed by atoms with Crippen molar-refractivity contribution in [3.05, 3.63) is 48.4 Å². The van der Waals surface area contributed by atoms with Crippen LogP contribution in [-0.2, 0) is 4.74 Å². The van der Waals surface area contributed by atoms with Crippen LogP contribution < -0.4 is 15.0 Å². The predicted molar refractivity (Wildman–Crippen MR) is 123 cm³/mol. The van der Waals surface area contributed by atoms with Crippen LogP contribution in [-0.4, -0.2) is 52.3 Å². The molecule has 1 N–H and O–H groups in total. The normalized spacial score (nSPS) is 16.4. The van der Waals surface area contributed by atoms with Crippen LogP contribution >= 0.6 is 0 Å². The standard InChI is InChI=1S/C24H25N7O2/c25-14-18-13-17(3-4-22(18)33-20-6-11-32-12-7-20)21-5-8-26-23(30-21)29-19-15-27-24(28-16-19)31-9-1-2-10-31/h3-5,8,13,15-16,20H,1-2,6-7,9-12H2,(H,26,29,30). The molecule has 0 spiro atoms. The number of nitrogens with zero attached hydrogens (tertiary/aromatic N) is 6. The second kappa shape index (κ2) is 9.79. The fraction of sp³-hybridized carbons (Fsp3) is 0.375. The predicted octanol–water partition coefficient (Wildman–Crippen LogP) is 3.71. The maximum atomic E-state index is 9.65. The van der Waals surface area contributed by atoms with Crippen LogP contribution in [0.5, 0.6) is 5.75 Å². The lowest BCUT2D eigenvalue weighted by Gasteiger charge is -2.23. The van der Waals surface area contributed by atoms with E-state index in [1.165, 1.54) is 12.8 Å². The summed E-state index contributed by atoms with van der Waals surface area (Å²) in [4.78, 5) is 20.0. The zero-order valence-corrected chi connectivity index (χ0v) is 18.3. The fourth-order valence-corrected chi connectivity index (χ4v) is 4.03. The molecular weight excluding hydrogens is 418 g/mol. The first-order valence-electron chi connectivity index (χ1n) is 11.2. The van der Waals surface area contributed by atoms with E-state index in [1.807, 2.05) is 18.2 Å². The van der Waals surface area contributed by atoms with Gasteiger partial charge in [0.1, 0.15) is 17.9 Å². The lowest BCUT2D eigenvalue weighted by Crippen LogP contribution is -2.26. The molecular formula is C24H25N7O2. The zero-order valence-electron chi connectivity index (χ0n) is 18.3. The van der Waals surface area contributed by atoms with Crippen molar-refractivity contribution in [2.24, 2.45) is 0 Å². The summed E-state index contributed by atoms with van der Waals surface area (Å²) in [5.74, 6) is 1.78. The van der Waals surface area contributed by atoms with Crippen molar-refractivity contribution in [2.45, 2.75) is 31.8 Å². The summed E-state index contributed by atoms with van der Waals surface area (Å²) >= 11 is 0. The lowest BCUT2D eigenvalue weighted by molar-refractivity contribution is 0.0254. The molecule has 0 unspecified atom stereocenters. The van der Waals surface area contributed by atoms with Crippen LogP contribution in [0.1, 0.15) is 31.2 Å². The number of nitriles is 1. The third-order valence-electron chi connectivity index (χ3n) is 5.80. The van der Waals surface area contributed by atoms with Gasteiger partial charge in [-0.15, -0.1) is 0 Å². The summed E-state index contributed by atoms with van der Waals surface area (Å²) in [5.41, 5.74) is 2.72. The first kappa shape index (κ1) is 21.1. The summed E-state index contributed by atoms with van der Waals surface area (Å²) in [6.07, 6.45) is 9.26. The minimum Gasteiger partial charge on any atom is -0.489 e. The summed E-state index contributed by atoms with van der Waals surface area (Å²) < 4.78 is 11.4. The van der Waals surface area contributed by atoms with Gasteiger partial charge in [0.15, 0.2) is 0 Å². The van der Waals surface area contributed by atoms with E-state index in [-0.39, 0.29) is 6.10 Å². The molecule has 2 fully saturated rings. The smallest absolute Gasteiger partial charge is 0.227 e. The number of anilines is 3. The largest absolute Gasteiger partial charge is 0.489 e. The first-order chi connectivity index (χ1) is 16.3. The van der Waals surface area contributed by atoms with Gasteiger partial charge in [0, 0.05) is 37.7 Å². The summed E-state index contributed by atoms with van der Waals surface area (Å²) in [5, 5.41) is 12.8. The van der Waals surface area contributed by atoms with Crippen LogP contribution in [0.3, 0.4) is 0 Å². The molecule has 9 nitrogen and oxygen atoms in total. The number of aromatic nitrogens is 4. The molecule has 33 heavy (non-hydrogen) atoms. The van der Waals surface area contributed by atoms with Crippen molar-refractivity contribution in [2.75, 3.05) is 36.5 Å². The van der Waals surface area contributed by atoms with Crippen molar-refractivity contribution in [1.29, 1.82) is 5.26 Å². The first-order valence-corrected chi connectivity index (χ1v) is 11.2. The van der Waals surface area contributed by atoms with Crippen molar-refractivity contribution >= 4 is 17.6 Å². The molecule has 168 valence electrons. The van der Waals surface area contributed by atoms with Gasteiger partial charge in [-0.3, -0.25) is 0 Å². The Bertz CT molecular complexity index is 1130. The molecule has 2 saturated heterocycles. The molecule has 0 amide bonds. The van der Waals surface area contributed by atoms with Gasteiger partial charge in [-0.1, -0.05) is 0 Å². The van der Waals surface area contributed by atoms with Crippen molar-refractivity contribution < 1.29 is 9.47 Å². The Balaban J connectivity index is 1.30. The van der Waals surface area contributed by atoms with E-state index in [2.05, 4.69) is 36.2 Å². The number of nitrogens with one attached hydrogen (secondary N) is 1. The SMILES string of the molecule is N#Cc1cc(-c2ccnc(Nc3cnc(N4CCCC4)nc3)n2)ccc1OC1CCOCC1. The van der Waals surface area contributed by atoms with E-state index in [0.29, 0.717) is 41.9 Å². The molecule has 0 radical (unpaired) electrons. The zero-order chi connectivity index (χ0) is 22.5. The number of benzene rings is 1. The maximum Gasteiger partial charge on any atom is 0.227 e. The molecule has 3 aromatic rings. The minimum absolute atomic E-state index is 0.0747. The average Bonchev–Trinajstić information content (AvgIpc) is 3.41. The molecule has 0 bridgehead atoms. The summed E-state index contributed by atoms with van der Waals surface area (Å²) in [6, 6.07) is 9.60. The van der Waals surface area contributed by atoms with Gasteiger partial charge in [-0.2, -0.15) is 5.26 Å². The molecule has 0 atom stereocenters. The highest BCUT2D eigenvalue weighted by atomic mass is 16.5. The van der Waals surface area contributed by atoms with Gasteiger partial charge in [0.2, 0.25) is 11.9 Å². The number of hydrogen-bond acceptors (Lipinski definition) is 9. The number of rotatable bonds is 6. The third kappa shape index (κ3) is 5.02. The van der Waals surface area contributed by atoms with Gasteiger partial charge in [-0.25, -0.2) is 19.9 Å². The molecule has 1 aromatic carbocycles. The second-order valence-electron chi connectivity index (χ2n) is 8.11. The Morgan fingerprint density at radius 2 is 1.85 bits per heavy atom.